The molecule has 0 amide bonds. The summed E-state index contributed by atoms with van der Waals surface area (Å²) < 4.78 is 23.0. The zero-order chi connectivity index (χ0) is 11.9. The van der Waals surface area contributed by atoms with E-state index in [0.717, 1.165) is 6.26 Å². The van der Waals surface area contributed by atoms with Crippen molar-refractivity contribution >= 4 is 9.84 Å². The molecule has 0 fully saturated rings. The van der Waals surface area contributed by atoms with Gasteiger partial charge in [0.05, 0.1) is 0 Å². The average molecular weight is 229 g/mol. The lowest BCUT2D eigenvalue weighted by Crippen LogP contribution is -2.30. The molecule has 0 saturated heterocycles. The normalized spacial score (nSPS) is 12.8. The highest BCUT2D eigenvalue weighted by molar-refractivity contribution is 7.90. The highest BCUT2D eigenvalue weighted by Crippen LogP contribution is 2.31. The number of phenols is 1. The van der Waals surface area contributed by atoms with E-state index in [1.54, 1.807) is 26.0 Å². The SMILES string of the molecule is CC(C)(N)c1cccc(O)c1S(C)(=O)=O. The van der Waals surface area contributed by atoms with Crippen LogP contribution in [0.2, 0.25) is 0 Å². The molecule has 0 heterocycles. The quantitative estimate of drug-likeness (QED) is 0.792. The molecule has 0 aliphatic rings. The molecule has 84 valence electrons. The van der Waals surface area contributed by atoms with Gasteiger partial charge in [-0.25, -0.2) is 8.42 Å². The first-order valence-corrected chi connectivity index (χ1v) is 6.34. The molecule has 0 aliphatic heterocycles. The minimum Gasteiger partial charge on any atom is -0.507 e. The van der Waals surface area contributed by atoms with E-state index in [-0.39, 0.29) is 10.6 Å². The van der Waals surface area contributed by atoms with Gasteiger partial charge < -0.3 is 10.8 Å². The summed E-state index contributed by atoms with van der Waals surface area (Å²) in [6.45, 7) is 3.38. The Morgan fingerprint density at radius 2 is 1.87 bits per heavy atom. The Morgan fingerprint density at radius 3 is 2.20 bits per heavy atom. The minimum absolute atomic E-state index is 0.0856. The van der Waals surface area contributed by atoms with Crippen molar-refractivity contribution < 1.29 is 13.5 Å². The molecule has 0 unspecified atom stereocenters. The number of sulfone groups is 1. The van der Waals surface area contributed by atoms with Crippen molar-refractivity contribution in [3.8, 4) is 5.75 Å². The van der Waals surface area contributed by atoms with Crippen LogP contribution in [0.25, 0.3) is 0 Å². The summed E-state index contributed by atoms with van der Waals surface area (Å²) in [4.78, 5) is -0.0856. The number of hydrogen-bond donors (Lipinski definition) is 2. The Hall–Kier alpha value is -1.07. The van der Waals surface area contributed by atoms with E-state index in [4.69, 9.17) is 5.73 Å². The Labute approximate surface area is 89.7 Å². The van der Waals surface area contributed by atoms with E-state index >= 15 is 0 Å². The summed E-state index contributed by atoms with van der Waals surface area (Å²) in [6.07, 6.45) is 1.05. The molecule has 1 aromatic carbocycles. The van der Waals surface area contributed by atoms with E-state index in [1.807, 2.05) is 0 Å². The van der Waals surface area contributed by atoms with E-state index in [0.29, 0.717) is 5.56 Å². The van der Waals surface area contributed by atoms with Gasteiger partial charge in [0.15, 0.2) is 9.84 Å². The van der Waals surface area contributed by atoms with E-state index in [9.17, 15) is 13.5 Å². The van der Waals surface area contributed by atoms with Crippen molar-refractivity contribution in [2.45, 2.75) is 24.3 Å². The van der Waals surface area contributed by atoms with Crippen LogP contribution in [-0.2, 0) is 15.4 Å². The van der Waals surface area contributed by atoms with Crippen molar-refractivity contribution in [3.63, 3.8) is 0 Å². The molecule has 1 rings (SSSR count). The molecule has 3 N–H and O–H groups in total. The van der Waals surface area contributed by atoms with Crippen molar-refractivity contribution in [2.75, 3.05) is 6.26 Å². The maximum atomic E-state index is 11.5. The second-order valence-corrected chi connectivity index (χ2v) is 6.10. The molecule has 15 heavy (non-hydrogen) atoms. The van der Waals surface area contributed by atoms with Crippen LogP contribution in [-0.4, -0.2) is 19.8 Å². The van der Waals surface area contributed by atoms with E-state index in [2.05, 4.69) is 0 Å². The summed E-state index contributed by atoms with van der Waals surface area (Å²) in [5.41, 5.74) is 5.46. The standard InChI is InChI=1S/C10H15NO3S/c1-10(2,11)7-5-4-6-8(12)9(7)15(3,13)14/h4-6,12H,11H2,1-3H3. The Morgan fingerprint density at radius 1 is 1.33 bits per heavy atom. The lowest BCUT2D eigenvalue weighted by molar-refractivity contribution is 0.447. The third-order valence-corrected chi connectivity index (χ3v) is 3.23. The van der Waals surface area contributed by atoms with Crippen LogP contribution in [0.4, 0.5) is 0 Å². The second-order valence-electron chi connectivity index (χ2n) is 4.15. The fourth-order valence-corrected chi connectivity index (χ4v) is 2.60. The molecule has 0 aromatic heterocycles. The zero-order valence-corrected chi connectivity index (χ0v) is 9.80. The molecule has 0 radical (unpaired) electrons. The first kappa shape index (κ1) is 12.0. The fraction of sp³-hybridized carbons (Fsp3) is 0.400. The molecular formula is C10H15NO3S. The minimum atomic E-state index is -3.48. The largest absolute Gasteiger partial charge is 0.507 e. The van der Waals surface area contributed by atoms with Crippen LogP contribution in [0.5, 0.6) is 5.75 Å². The predicted octanol–water partition coefficient (Wildman–Crippen LogP) is 0.990. The van der Waals surface area contributed by atoms with Crippen LogP contribution >= 0.6 is 0 Å². The number of rotatable bonds is 2. The highest BCUT2D eigenvalue weighted by Gasteiger charge is 2.26. The number of phenolic OH excluding ortho intramolecular Hbond substituents is 1. The number of nitrogens with two attached hydrogens (primary N) is 1. The molecule has 0 saturated carbocycles. The third kappa shape index (κ3) is 2.49. The summed E-state index contributed by atoms with van der Waals surface area (Å²) in [5.74, 6) is -0.256. The average Bonchev–Trinajstić information content (AvgIpc) is 1.99. The van der Waals surface area contributed by atoms with Gasteiger partial charge in [-0.1, -0.05) is 12.1 Å². The first-order valence-electron chi connectivity index (χ1n) is 4.45. The molecular weight excluding hydrogens is 214 g/mol. The van der Waals surface area contributed by atoms with E-state index < -0.39 is 15.4 Å². The Bertz CT molecular complexity index is 472. The zero-order valence-electron chi connectivity index (χ0n) is 8.98. The van der Waals surface area contributed by atoms with Gasteiger partial charge in [-0.05, 0) is 25.5 Å². The maximum Gasteiger partial charge on any atom is 0.179 e. The molecule has 0 aliphatic carbocycles. The Balaban J connectivity index is 3.63. The van der Waals surface area contributed by atoms with Crippen molar-refractivity contribution in [3.05, 3.63) is 23.8 Å². The monoisotopic (exact) mass is 229 g/mol. The topological polar surface area (TPSA) is 80.4 Å². The summed E-state index contributed by atoms with van der Waals surface area (Å²) >= 11 is 0. The molecule has 1 aromatic rings. The van der Waals surface area contributed by atoms with Crippen molar-refractivity contribution in [1.29, 1.82) is 0 Å². The fourth-order valence-electron chi connectivity index (χ4n) is 1.42. The number of aromatic hydroxyl groups is 1. The maximum absolute atomic E-state index is 11.5. The summed E-state index contributed by atoms with van der Waals surface area (Å²) in [7, 11) is -3.48. The summed E-state index contributed by atoms with van der Waals surface area (Å²) in [6, 6.07) is 4.52. The smallest absolute Gasteiger partial charge is 0.179 e. The first-order chi connectivity index (χ1) is 6.64. The van der Waals surface area contributed by atoms with Gasteiger partial charge in [-0.15, -0.1) is 0 Å². The molecule has 0 atom stereocenters. The van der Waals surface area contributed by atoms with Crippen LogP contribution in [0.3, 0.4) is 0 Å². The van der Waals surface area contributed by atoms with Gasteiger partial charge in [0.2, 0.25) is 0 Å². The van der Waals surface area contributed by atoms with Crippen LogP contribution in [0, 0.1) is 0 Å². The van der Waals surface area contributed by atoms with Crippen molar-refractivity contribution in [2.24, 2.45) is 5.73 Å². The Kier molecular flexibility index (Phi) is 2.80. The van der Waals surface area contributed by atoms with Gasteiger partial charge in [0.25, 0.3) is 0 Å². The lowest BCUT2D eigenvalue weighted by atomic mass is 9.95. The van der Waals surface area contributed by atoms with Gasteiger partial charge in [0.1, 0.15) is 10.6 Å². The second kappa shape index (κ2) is 3.50. The molecule has 4 nitrogen and oxygen atoms in total. The van der Waals surface area contributed by atoms with Crippen molar-refractivity contribution in [1.82, 2.24) is 0 Å². The summed E-state index contributed by atoms with van der Waals surface area (Å²) in [5, 5.41) is 9.56. The number of benzene rings is 1. The van der Waals surface area contributed by atoms with Crippen LogP contribution in [0.15, 0.2) is 23.1 Å². The highest BCUT2D eigenvalue weighted by atomic mass is 32.2. The predicted molar refractivity (Wildman–Crippen MR) is 58.4 cm³/mol. The third-order valence-electron chi connectivity index (χ3n) is 2.06. The lowest BCUT2D eigenvalue weighted by Gasteiger charge is -2.22. The van der Waals surface area contributed by atoms with Gasteiger partial charge in [-0.2, -0.15) is 0 Å². The van der Waals surface area contributed by atoms with Gasteiger partial charge in [-0.3, -0.25) is 0 Å². The van der Waals surface area contributed by atoms with Gasteiger partial charge >= 0.3 is 0 Å². The van der Waals surface area contributed by atoms with Crippen LogP contribution < -0.4 is 5.73 Å². The molecule has 0 spiro atoms. The van der Waals surface area contributed by atoms with E-state index in [1.165, 1.54) is 6.07 Å². The van der Waals surface area contributed by atoms with Gasteiger partial charge in [0, 0.05) is 11.8 Å². The molecule has 5 heteroatoms. The molecule has 0 bridgehead atoms. The number of hydrogen-bond acceptors (Lipinski definition) is 4. The van der Waals surface area contributed by atoms with Crippen LogP contribution in [0.1, 0.15) is 19.4 Å².